The molecule has 0 aromatic carbocycles. The molecule has 1 aromatic heterocycles. The van der Waals surface area contributed by atoms with E-state index in [0.717, 1.165) is 12.8 Å². The highest BCUT2D eigenvalue weighted by molar-refractivity contribution is 5.90. The van der Waals surface area contributed by atoms with Gasteiger partial charge in [0.2, 0.25) is 5.91 Å². The molecule has 0 radical (unpaired) electrons. The van der Waals surface area contributed by atoms with Crippen LogP contribution in [0.5, 0.6) is 0 Å². The highest BCUT2D eigenvalue weighted by Crippen LogP contribution is 2.17. The van der Waals surface area contributed by atoms with Gasteiger partial charge >= 0.3 is 0 Å². The Hall–Kier alpha value is -1.50. The van der Waals surface area contributed by atoms with E-state index in [0.29, 0.717) is 12.6 Å². The molecule has 0 saturated heterocycles. The van der Waals surface area contributed by atoms with Gasteiger partial charge in [0.05, 0.1) is 13.6 Å². The van der Waals surface area contributed by atoms with E-state index < -0.39 is 0 Å². The van der Waals surface area contributed by atoms with Crippen LogP contribution in [0.3, 0.4) is 0 Å². The third kappa shape index (κ3) is 2.49. The van der Waals surface area contributed by atoms with Gasteiger partial charge in [-0.2, -0.15) is 4.80 Å². The molecule has 1 amide bonds. The number of hydrogen-bond donors (Lipinski definition) is 2. The van der Waals surface area contributed by atoms with E-state index >= 15 is 0 Å². The number of hydrogen-bond acceptors (Lipinski definition) is 5. The molecule has 7 heteroatoms. The van der Waals surface area contributed by atoms with Crippen molar-refractivity contribution >= 4 is 11.9 Å². The van der Waals surface area contributed by atoms with Crippen LogP contribution in [0.25, 0.3) is 0 Å². The van der Waals surface area contributed by atoms with Crippen molar-refractivity contribution in [1.29, 1.82) is 0 Å². The highest BCUT2D eigenvalue weighted by Gasteiger charge is 2.21. The number of rotatable bonds is 4. The number of nitrogens with zero attached hydrogens (tertiary/aromatic N) is 4. The van der Waals surface area contributed by atoms with Gasteiger partial charge in [-0.3, -0.25) is 10.1 Å². The first-order valence-electron chi connectivity index (χ1n) is 4.51. The Kier molecular flexibility index (Phi) is 2.40. The van der Waals surface area contributed by atoms with Crippen LogP contribution in [0.15, 0.2) is 0 Å². The van der Waals surface area contributed by atoms with Gasteiger partial charge in [0.25, 0.3) is 5.95 Å². The summed E-state index contributed by atoms with van der Waals surface area (Å²) >= 11 is 0. The predicted octanol–water partition coefficient (Wildman–Crippen LogP) is -1.10. The first-order chi connectivity index (χ1) is 6.74. The molecule has 1 fully saturated rings. The maximum atomic E-state index is 11.3. The molecular weight excluding hydrogens is 184 g/mol. The average Bonchev–Trinajstić information content (AvgIpc) is 2.88. The number of carbonyl (C=O) groups is 1. The number of tetrazole rings is 1. The van der Waals surface area contributed by atoms with Gasteiger partial charge in [-0.25, -0.2) is 0 Å². The number of carbonyl (C=O) groups excluding carboxylic acids is 1. The summed E-state index contributed by atoms with van der Waals surface area (Å²) < 4.78 is 0. The Labute approximate surface area is 80.9 Å². The summed E-state index contributed by atoms with van der Waals surface area (Å²) in [5, 5.41) is 16.7. The van der Waals surface area contributed by atoms with E-state index in [4.69, 9.17) is 0 Å². The normalized spacial score (nSPS) is 15.5. The van der Waals surface area contributed by atoms with Crippen molar-refractivity contribution in [2.45, 2.75) is 18.9 Å². The van der Waals surface area contributed by atoms with E-state index in [9.17, 15) is 4.79 Å². The van der Waals surface area contributed by atoms with Gasteiger partial charge in [0.1, 0.15) is 0 Å². The minimum Gasteiger partial charge on any atom is -0.306 e. The standard InChI is InChI=1S/C7H12N6O/c1-13-11-7(10-12-13)9-6(14)4-8-5-2-3-5/h5,8H,2-4H2,1H3,(H,9,11,14). The van der Waals surface area contributed by atoms with Gasteiger partial charge in [-0.15, -0.1) is 5.10 Å². The zero-order valence-corrected chi connectivity index (χ0v) is 7.90. The van der Waals surface area contributed by atoms with Gasteiger partial charge in [0.15, 0.2) is 0 Å². The zero-order valence-electron chi connectivity index (χ0n) is 7.90. The fraction of sp³-hybridized carbons (Fsp3) is 0.714. The van der Waals surface area contributed by atoms with Crippen LogP contribution in [0.4, 0.5) is 5.95 Å². The van der Waals surface area contributed by atoms with Crippen LogP contribution >= 0.6 is 0 Å². The van der Waals surface area contributed by atoms with Crippen LogP contribution in [0, 0.1) is 0 Å². The molecule has 1 aromatic rings. The minimum atomic E-state index is -0.134. The summed E-state index contributed by atoms with van der Waals surface area (Å²) in [6.07, 6.45) is 2.33. The molecule has 14 heavy (non-hydrogen) atoms. The second-order valence-corrected chi connectivity index (χ2v) is 3.31. The van der Waals surface area contributed by atoms with Crippen LogP contribution < -0.4 is 10.6 Å². The topological polar surface area (TPSA) is 84.7 Å². The van der Waals surface area contributed by atoms with E-state index in [1.54, 1.807) is 7.05 Å². The lowest BCUT2D eigenvalue weighted by molar-refractivity contribution is -0.115. The average molecular weight is 196 g/mol. The predicted molar refractivity (Wildman–Crippen MR) is 48.5 cm³/mol. The fourth-order valence-corrected chi connectivity index (χ4v) is 1.03. The van der Waals surface area contributed by atoms with Crippen molar-refractivity contribution < 1.29 is 4.79 Å². The maximum absolute atomic E-state index is 11.3. The first kappa shape index (κ1) is 9.07. The Morgan fingerprint density at radius 2 is 2.43 bits per heavy atom. The van der Waals surface area contributed by atoms with E-state index in [1.165, 1.54) is 4.80 Å². The molecular formula is C7H12N6O. The van der Waals surface area contributed by atoms with Crippen molar-refractivity contribution in [3.8, 4) is 0 Å². The monoisotopic (exact) mass is 196 g/mol. The lowest BCUT2D eigenvalue weighted by Crippen LogP contribution is -2.29. The van der Waals surface area contributed by atoms with Crippen molar-refractivity contribution in [2.24, 2.45) is 7.05 Å². The molecule has 0 unspecified atom stereocenters. The smallest absolute Gasteiger partial charge is 0.270 e. The van der Waals surface area contributed by atoms with Crippen LogP contribution in [-0.2, 0) is 11.8 Å². The molecule has 1 saturated carbocycles. The van der Waals surface area contributed by atoms with Crippen molar-refractivity contribution in [3.63, 3.8) is 0 Å². The number of anilines is 1. The van der Waals surface area contributed by atoms with Crippen LogP contribution in [0.1, 0.15) is 12.8 Å². The number of nitrogens with one attached hydrogen (secondary N) is 2. The van der Waals surface area contributed by atoms with Crippen molar-refractivity contribution in [3.05, 3.63) is 0 Å². The SMILES string of the molecule is Cn1nnc(NC(=O)CNC2CC2)n1. The second-order valence-electron chi connectivity index (χ2n) is 3.31. The summed E-state index contributed by atoms with van der Waals surface area (Å²) in [4.78, 5) is 12.6. The molecule has 76 valence electrons. The minimum absolute atomic E-state index is 0.134. The Bertz CT molecular complexity index is 331. The summed E-state index contributed by atoms with van der Waals surface area (Å²) in [5.74, 6) is 0.111. The van der Waals surface area contributed by atoms with Crippen LogP contribution in [0.2, 0.25) is 0 Å². The molecule has 0 aliphatic heterocycles. The lowest BCUT2D eigenvalue weighted by Gasteiger charge is -2.00. The second kappa shape index (κ2) is 3.70. The van der Waals surface area contributed by atoms with Crippen LogP contribution in [-0.4, -0.2) is 38.7 Å². The molecule has 2 rings (SSSR count). The highest BCUT2D eigenvalue weighted by atomic mass is 16.2. The molecule has 1 aliphatic carbocycles. The fourth-order valence-electron chi connectivity index (χ4n) is 1.03. The van der Waals surface area contributed by atoms with E-state index in [1.807, 2.05) is 0 Å². The lowest BCUT2D eigenvalue weighted by atomic mass is 10.5. The van der Waals surface area contributed by atoms with Gasteiger partial charge in [0, 0.05) is 6.04 Å². The largest absolute Gasteiger partial charge is 0.306 e. The molecule has 2 N–H and O–H groups in total. The summed E-state index contributed by atoms with van der Waals surface area (Å²) in [7, 11) is 1.64. The Morgan fingerprint density at radius 3 is 3.00 bits per heavy atom. The number of aryl methyl sites for hydroxylation is 1. The summed E-state index contributed by atoms with van der Waals surface area (Å²) in [5.41, 5.74) is 0. The molecule has 0 bridgehead atoms. The third-order valence-electron chi connectivity index (χ3n) is 1.89. The molecule has 0 atom stereocenters. The Balaban J connectivity index is 1.75. The maximum Gasteiger partial charge on any atom is 0.270 e. The Morgan fingerprint density at radius 1 is 1.64 bits per heavy atom. The molecule has 0 spiro atoms. The van der Waals surface area contributed by atoms with Gasteiger partial charge in [-0.1, -0.05) is 5.10 Å². The first-order valence-corrected chi connectivity index (χ1v) is 4.51. The number of amides is 1. The quantitative estimate of drug-likeness (QED) is 0.638. The van der Waals surface area contributed by atoms with Gasteiger partial charge in [-0.05, 0) is 18.1 Å². The summed E-state index contributed by atoms with van der Waals surface area (Å²) in [6.45, 7) is 0.308. The van der Waals surface area contributed by atoms with Crippen molar-refractivity contribution in [2.75, 3.05) is 11.9 Å². The zero-order chi connectivity index (χ0) is 9.97. The molecule has 1 heterocycles. The van der Waals surface area contributed by atoms with Gasteiger partial charge < -0.3 is 5.32 Å². The number of aromatic nitrogens is 4. The van der Waals surface area contributed by atoms with E-state index in [2.05, 4.69) is 26.0 Å². The third-order valence-corrected chi connectivity index (χ3v) is 1.89. The molecule has 7 nitrogen and oxygen atoms in total. The summed E-state index contributed by atoms with van der Waals surface area (Å²) in [6, 6.07) is 0.524. The molecule has 1 aliphatic rings. The van der Waals surface area contributed by atoms with Crippen molar-refractivity contribution in [1.82, 2.24) is 25.5 Å². The van der Waals surface area contributed by atoms with E-state index in [-0.39, 0.29) is 11.9 Å².